The Bertz CT molecular complexity index is 682. The summed E-state index contributed by atoms with van der Waals surface area (Å²) in [5, 5.41) is 18.9. The Morgan fingerprint density at radius 2 is 2.32 bits per heavy atom. The molecule has 154 valence electrons. The molecule has 8 heteroatoms. The van der Waals surface area contributed by atoms with Crippen molar-refractivity contribution in [1.82, 2.24) is 21.5 Å². The van der Waals surface area contributed by atoms with Gasteiger partial charge < -0.3 is 16.2 Å². The highest BCUT2D eigenvalue weighted by Crippen LogP contribution is 2.41. The van der Waals surface area contributed by atoms with Crippen LogP contribution in [0, 0.1) is 17.8 Å². The van der Waals surface area contributed by atoms with E-state index in [0.29, 0.717) is 36.4 Å². The first kappa shape index (κ1) is 19.2. The fraction of sp³-hybridized carbons (Fsp3) is 0.750. The van der Waals surface area contributed by atoms with Gasteiger partial charge in [0.25, 0.3) is 0 Å². The Morgan fingerprint density at radius 3 is 3.18 bits per heavy atom. The van der Waals surface area contributed by atoms with Crippen LogP contribution in [0.15, 0.2) is 28.8 Å². The predicted octanol–water partition coefficient (Wildman–Crippen LogP) is -0.287. The van der Waals surface area contributed by atoms with Crippen LogP contribution in [0.5, 0.6) is 0 Å². The highest BCUT2D eigenvalue weighted by atomic mass is 32.2. The van der Waals surface area contributed by atoms with Gasteiger partial charge in [-0.2, -0.15) is 0 Å². The number of nitrogens with two attached hydrogens (primary N) is 1. The van der Waals surface area contributed by atoms with E-state index in [9.17, 15) is 5.11 Å². The SMILES string of the molecule is NCC1=NC(C(O)NC2C=C(C3CC=CC4NCCC43)CC3NNCC23)CS1. The zero-order valence-electron chi connectivity index (χ0n) is 16.2. The number of hydrogen-bond donors (Lipinski definition) is 6. The van der Waals surface area contributed by atoms with Crippen molar-refractivity contribution in [3.63, 3.8) is 0 Å². The van der Waals surface area contributed by atoms with E-state index >= 15 is 0 Å². The quantitative estimate of drug-likeness (QED) is 0.276. The van der Waals surface area contributed by atoms with E-state index in [-0.39, 0.29) is 12.1 Å². The number of hydrogen-bond acceptors (Lipinski definition) is 8. The van der Waals surface area contributed by atoms with Crippen LogP contribution >= 0.6 is 11.8 Å². The Morgan fingerprint density at radius 1 is 1.39 bits per heavy atom. The van der Waals surface area contributed by atoms with E-state index in [1.807, 2.05) is 0 Å². The molecule has 2 saturated heterocycles. The summed E-state index contributed by atoms with van der Waals surface area (Å²) in [6.45, 7) is 2.51. The summed E-state index contributed by atoms with van der Waals surface area (Å²) in [5.74, 6) is 2.56. The minimum Gasteiger partial charge on any atom is -0.376 e. The van der Waals surface area contributed by atoms with Crippen LogP contribution in [0.2, 0.25) is 0 Å². The molecular weight excluding hydrogens is 372 g/mol. The second kappa shape index (κ2) is 8.18. The third-order valence-corrected chi connectivity index (χ3v) is 8.24. The highest BCUT2D eigenvalue weighted by Gasteiger charge is 2.43. The van der Waals surface area contributed by atoms with Crippen molar-refractivity contribution in [2.24, 2.45) is 28.5 Å². The summed E-state index contributed by atoms with van der Waals surface area (Å²) in [6.07, 6.45) is 10.0. The first-order chi connectivity index (χ1) is 13.7. The van der Waals surface area contributed by atoms with Crippen LogP contribution in [-0.4, -0.2) is 65.9 Å². The van der Waals surface area contributed by atoms with Gasteiger partial charge in [0.15, 0.2) is 0 Å². The van der Waals surface area contributed by atoms with Crippen molar-refractivity contribution in [2.45, 2.75) is 49.7 Å². The van der Waals surface area contributed by atoms with E-state index < -0.39 is 6.23 Å². The molecule has 0 saturated carbocycles. The van der Waals surface area contributed by atoms with Crippen molar-refractivity contribution < 1.29 is 5.11 Å². The Balaban J connectivity index is 1.34. The smallest absolute Gasteiger partial charge is 0.128 e. The molecule has 8 unspecified atom stereocenters. The number of aliphatic hydroxyl groups is 1. The van der Waals surface area contributed by atoms with Crippen LogP contribution in [-0.2, 0) is 0 Å². The van der Waals surface area contributed by atoms with Gasteiger partial charge in [0.2, 0.25) is 0 Å². The molecule has 2 fully saturated rings. The number of allylic oxidation sites excluding steroid dienone is 1. The third-order valence-electron chi connectivity index (χ3n) is 7.13. The van der Waals surface area contributed by atoms with Gasteiger partial charge >= 0.3 is 0 Å². The normalized spacial score (nSPS) is 43.4. The van der Waals surface area contributed by atoms with E-state index in [1.54, 1.807) is 17.3 Å². The van der Waals surface area contributed by atoms with Crippen molar-refractivity contribution in [3.8, 4) is 0 Å². The molecule has 8 atom stereocenters. The summed E-state index contributed by atoms with van der Waals surface area (Å²) >= 11 is 1.66. The summed E-state index contributed by atoms with van der Waals surface area (Å²) in [4.78, 5) is 4.58. The zero-order chi connectivity index (χ0) is 19.1. The molecule has 3 heterocycles. The van der Waals surface area contributed by atoms with E-state index in [0.717, 1.165) is 36.7 Å². The summed E-state index contributed by atoms with van der Waals surface area (Å²) in [7, 11) is 0. The topological polar surface area (TPSA) is 107 Å². The lowest BCUT2D eigenvalue weighted by Crippen LogP contribution is -2.52. The predicted molar refractivity (Wildman–Crippen MR) is 114 cm³/mol. The molecule has 0 aromatic rings. The molecule has 0 bridgehead atoms. The number of hydrazine groups is 1. The fourth-order valence-corrected chi connectivity index (χ4v) is 6.61. The molecule has 7 N–H and O–H groups in total. The van der Waals surface area contributed by atoms with Crippen molar-refractivity contribution in [1.29, 1.82) is 0 Å². The number of nitrogens with zero attached hydrogens (tertiary/aromatic N) is 1. The Labute approximate surface area is 171 Å². The van der Waals surface area contributed by atoms with E-state index in [4.69, 9.17) is 5.73 Å². The monoisotopic (exact) mass is 404 g/mol. The van der Waals surface area contributed by atoms with Crippen LogP contribution in [0.3, 0.4) is 0 Å². The molecule has 0 radical (unpaired) electrons. The van der Waals surface area contributed by atoms with Gasteiger partial charge in [-0.15, -0.1) is 11.8 Å². The molecule has 0 aromatic carbocycles. The second-order valence-electron chi connectivity index (χ2n) is 8.69. The lowest BCUT2D eigenvalue weighted by molar-refractivity contribution is 0.0977. The van der Waals surface area contributed by atoms with Gasteiger partial charge in [-0.25, -0.2) is 0 Å². The largest absolute Gasteiger partial charge is 0.376 e. The fourth-order valence-electron chi connectivity index (χ4n) is 5.67. The Hall–Kier alpha value is -0.740. The van der Waals surface area contributed by atoms with Gasteiger partial charge in [-0.05, 0) is 37.6 Å². The van der Waals surface area contributed by atoms with Gasteiger partial charge in [0.1, 0.15) is 6.23 Å². The number of aliphatic hydroxyl groups excluding tert-OH is 1. The average Bonchev–Trinajstić information content (AvgIpc) is 3.46. The molecular formula is C20H32N6OS. The number of thioether (sulfide) groups is 1. The van der Waals surface area contributed by atoms with Crippen LogP contribution in [0.1, 0.15) is 19.3 Å². The molecule has 3 aliphatic heterocycles. The van der Waals surface area contributed by atoms with Crippen molar-refractivity contribution in [3.05, 3.63) is 23.8 Å². The molecule has 0 aromatic heterocycles. The maximum absolute atomic E-state index is 10.8. The van der Waals surface area contributed by atoms with Gasteiger partial charge in [-0.3, -0.25) is 21.2 Å². The summed E-state index contributed by atoms with van der Waals surface area (Å²) in [6, 6.07) is 1.00. The lowest BCUT2D eigenvalue weighted by atomic mass is 9.70. The second-order valence-corrected chi connectivity index (χ2v) is 9.78. The van der Waals surface area contributed by atoms with Crippen LogP contribution < -0.4 is 27.2 Å². The summed E-state index contributed by atoms with van der Waals surface area (Å²) < 4.78 is 0. The van der Waals surface area contributed by atoms with Crippen LogP contribution in [0.4, 0.5) is 0 Å². The number of rotatable bonds is 5. The lowest BCUT2D eigenvalue weighted by Gasteiger charge is -2.39. The number of aliphatic imine (C=N–C) groups is 1. The maximum atomic E-state index is 10.8. The van der Waals surface area contributed by atoms with Crippen molar-refractivity contribution >= 4 is 16.8 Å². The molecule has 5 rings (SSSR count). The van der Waals surface area contributed by atoms with E-state index in [1.165, 1.54) is 6.42 Å². The minimum atomic E-state index is -0.634. The molecule has 5 aliphatic rings. The minimum absolute atomic E-state index is 0.107. The van der Waals surface area contributed by atoms with Gasteiger partial charge in [-0.1, -0.05) is 23.8 Å². The first-order valence-corrected chi connectivity index (χ1v) is 11.6. The highest BCUT2D eigenvalue weighted by molar-refractivity contribution is 8.14. The van der Waals surface area contributed by atoms with Gasteiger partial charge in [0, 0.05) is 42.9 Å². The van der Waals surface area contributed by atoms with E-state index in [2.05, 4.69) is 44.7 Å². The average molecular weight is 405 g/mol. The third kappa shape index (κ3) is 3.60. The zero-order valence-corrected chi connectivity index (χ0v) is 17.0. The Kier molecular flexibility index (Phi) is 5.62. The molecule has 0 spiro atoms. The first-order valence-electron chi connectivity index (χ1n) is 10.7. The summed E-state index contributed by atoms with van der Waals surface area (Å²) in [5.41, 5.74) is 14.1. The van der Waals surface area contributed by atoms with Crippen molar-refractivity contribution in [2.75, 3.05) is 25.4 Å². The molecule has 0 amide bonds. The number of nitrogens with one attached hydrogen (secondary N) is 4. The maximum Gasteiger partial charge on any atom is 0.128 e. The molecule has 7 nitrogen and oxygen atoms in total. The molecule has 2 aliphatic carbocycles. The van der Waals surface area contributed by atoms with Crippen LogP contribution in [0.25, 0.3) is 0 Å². The molecule has 28 heavy (non-hydrogen) atoms. The number of fused-ring (bicyclic) bond motifs is 2. The van der Waals surface area contributed by atoms with Gasteiger partial charge in [0.05, 0.1) is 11.1 Å². The standard InChI is InChI=1S/C20H32N6OS/c21-8-19-24-18(10-28-19)20(27)25-16-6-11(7-17-14(16)9-23-26-17)12-2-1-3-15-13(12)4-5-22-15/h1,3,6,12-18,20,22-23,25-27H,2,4-5,7-10,21H2.